The molecule has 1 aliphatic rings. The molecular formula is C12H16BrNO. The van der Waals surface area contributed by atoms with Crippen molar-refractivity contribution in [1.82, 2.24) is 5.32 Å². The predicted molar refractivity (Wildman–Crippen MR) is 65.2 cm³/mol. The number of benzene rings is 1. The molecule has 0 saturated heterocycles. The number of aromatic hydroxyl groups is 1. The number of hydrogen-bond donors (Lipinski definition) is 2. The molecule has 1 aliphatic carbocycles. The molecule has 0 bridgehead atoms. The fourth-order valence-corrected chi connectivity index (χ4v) is 2.93. The van der Waals surface area contributed by atoms with Crippen molar-refractivity contribution in [3.05, 3.63) is 27.2 Å². The first-order valence-electron chi connectivity index (χ1n) is 5.40. The van der Waals surface area contributed by atoms with Crippen LogP contribution in [0.25, 0.3) is 0 Å². The van der Waals surface area contributed by atoms with Gasteiger partial charge in [0.15, 0.2) is 0 Å². The lowest BCUT2D eigenvalue weighted by Gasteiger charge is -2.20. The van der Waals surface area contributed by atoms with Gasteiger partial charge in [0.05, 0.1) is 4.47 Å². The van der Waals surface area contributed by atoms with Crippen LogP contribution in [0.5, 0.6) is 5.75 Å². The van der Waals surface area contributed by atoms with Gasteiger partial charge in [-0.15, -0.1) is 0 Å². The molecule has 0 aromatic heterocycles. The maximum Gasteiger partial charge on any atom is 0.134 e. The molecule has 0 atom stereocenters. The largest absolute Gasteiger partial charge is 0.506 e. The van der Waals surface area contributed by atoms with Gasteiger partial charge >= 0.3 is 0 Å². The Labute approximate surface area is 98.8 Å². The second-order valence-electron chi connectivity index (χ2n) is 4.07. The van der Waals surface area contributed by atoms with E-state index < -0.39 is 0 Å². The zero-order chi connectivity index (χ0) is 10.8. The summed E-state index contributed by atoms with van der Waals surface area (Å²) in [6, 6.07) is 2.14. The van der Waals surface area contributed by atoms with Crippen LogP contribution in [0, 0.1) is 0 Å². The fraction of sp³-hybridized carbons (Fsp3) is 0.500. The summed E-state index contributed by atoms with van der Waals surface area (Å²) < 4.78 is 0.907. The first kappa shape index (κ1) is 11.0. The highest BCUT2D eigenvalue weighted by atomic mass is 79.9. The lowest BCUT2D eigenvalue weighted by Crippen LogP contribution is -2.09. The van der Waals surface area contributed by atoms with Gasteiger partial charge < -0.3 is 10.4 Å². The van der Waals surface area contributed by atoms with E-state index in [1.54, 1.807) is 0 Å². The molecule has 0 amide bonds. The summed E-state index contributed by atoms with van der Waals surface area (Å²) in [6.07, 6.45) is 4.73. The van der Waals surface area contributed by atoms with Crippen molar-refractivity contribution in [1.29, 1.82) is 0 Å². The van der Waals surface area contributed by atoms with E-state index in [9.17, 15) is 5.11 Å². The average Bonchev–Trinajstić information content (AvgIpc) is 2.26. The summed E-state index contributed by atoms with van der Waals surface area (Å²) in [5.74, 6) is 0.407. The molecule has 0 heterocycles. The third kappa shape index (κ3) is 2.04. The van der Waals surface area contributed by atoms with Gasteiger partial charge in [0.1, 0.15) is 5.75 Å². The molecule has 0 spiro atoms. The summed E-state index contributed by atoms with van der Waals surface area (Å²) in [5, 5.41) is 13.1. The molecule has 1 aromatic rings. The van der Waals surface area contributed by atoms with Gasteiger partial charge in [-0.25, -0.2) is 0 Å². The number of halogens is 1. The van der Waals surface area contributed by atoms with Gasteiger partial charge in [-0.1, -0.05) is 6.07 Å². The SMILES string of the molecule is CNCc1cc2c(c(Br)c1O)CCCC2. The van der Waals surface area contributed by atoms with Gasteiger partial charge in [0.25, 0.3) is 0 Å². The smallest absolute Gasteiger partial charge is 0.134 e. The Morgan fingerprint density at radius 2 is 2.13 bits per heavy atom. The highest BCUT2D eigenvalue weighted by Gasteiger charge is 2.17. The third-order valence-electron chi connectivity index (χ3n) is 3.00. The summed E-state index contributed by atoms with van der Waals surface area (Å²) in [7, 11) is 1.90. The first-order valence-corrected chi connectivity index (χ1v) is 6.20. The second-order valence-corrected chi connectivity index (χ2v) is 4.87. The lowest BCUT2D eigenvalue weighted by molar-refractivity contribution is 0.460. The number of rotatable bonds is 2. The van der Waals surface area contributed by atoms with Crippen molar-refractivity contribution in [2.75, 3.05) is 7.05 Å². The van der Waals surface area contributed by atoms with Gasteiger partial charge in [0.2, 0.25) is 0 Å². The molecule has 0 fully saturated rings. The normalized spacial score (nSPS) is 15.1. The second kappa shape index (κ2) is 4.54. The van der Waals surface area contributed by atoms with E-state index in [-0.39, 0.29) is 0 Å². The number of nitrogens with one attached hydrogen (secondary N) is 1. The Kier molecular flexibility index (Phi) is 3.32. The van der Waals surface area contributed by atoms with Crippen LogP contribution in [0.15, 0.2) is 10.5 Å². The highest BCUT2D eigenvalue weighted by Crippen LogP contribution is 2.37. The van der Waals surface area contributed by atoms with Crippen LogP contribution in [0.3, 0.4) is 0 Å². The van der Waals surface area contributed by atoms with Crippen molar-refractivity contribution in [2.24, 2.45) is 0 Å². The standard InChI is InChI=1S/C12H16BrNO/c1-14-7-9-6-8-4-2-3-5-10(8)11(13)12(9)15/h6,14-15H,2-5,7H2,1H3. The minimum atomic E-state index is 0.407. The molecule has 2 N–H and O–H groups in total. The van der Waals surface area contributed by atoms with Crippen LogP contribution in [0.1, 0.15) is 29.5 Å². The van der Waals surface area contributed by atoms with Crippen LogP contribution in [-0.2, 0) is 19.4 Å². The molecule has 2 nitrogen and oxygen atoms in total. The quantitative estimate of drug-likeness (QED) is 0.866. The van der Waals surface area contributed by atoms with E-state index in [0.29, 0.717) is 5.75 Å². The highest BCUT2D eigenvalue weighted by molar-refractivity contribution is 9.10. The van der Waals surface area contributed by atoms with E-state index in [4.69, 9.17) is 0 Å². The van der Waals surface area contributed by atoms with Crippen LogP contribution < -0.4 is 5.32 Å². The van der Waals surface area contributed by atoms with Crippen LogP contribution in [0.2, 0.25) is 0 Å². The van der Waals surface area contributed by atoms with Crippen molar-refractivity contribution in [2.45, 2.75) is 32.2 Å². The Hall–Kier alpha value is -0.540. The fourth-order valence-electron chi connectivity index (χ4n) is 2.23. The average molecular weight is 270 g/mol. The van der Waals surface area contributed by atoms with Gasteiger partial charge in [-0.05, 0) is 59.8 Å². The molecular weight excluding hydrogens is 254 g/mol. The van der Waals surface area contributed by atoms with Gasteiger partial charge in [-0.3, -0.25) is 0 Å². The number of hydrogen-bond acceptors (Lipinski definition) is 2. The topological polar surface area (TPSA) is 32.3 Å². The van der Waals surface area contributed by atoms with Gasteiger partial charge in [-0.2, -0.15) is 0 Å². The molecule has 3 heteroatoms. The van der Waals surface area contributed by atoms with Gasteiger partial charge in [0, 0.05) is 12.1 Å². The van der Waals surface area contributed by atoms with Crippen molar-refractivity contribution in [3.63, 3.8) is 0 Å². The minimum Gasteiger partial charge on any atom is -0.506 e. The summed E-state index contributed by atoms with van der Waals surface area (Å²) in [5.41, 5.74) is 3.69. The zero-order valence-corrected chi connectivity index (χ0v) is 10.5. The molecule has 0 radical (unpaired) electrons. The van der Waals surface area contributed by atoms with E-state index in [1.165, 1.54) is 24.0 Å². The van der Waals surface area contributed by atoms with E-state index in [0.717, 1.165) is 29.4 Å². The number of fused-ring (bicyclic) bond motifs is 1. The Morgan fingerprint density at radius 1 is 1.40 bits per heavy atom. The number of aryl methyl sites for hydroxylation is 1. The van der Waals surface area contributed by atoms with E-state index >= 15 is 0 Å². The third-order valence-corrected chi connectivity index (χ3v) is 3.86. The Morgan fingerprint density at radius 3 is 2.87 bits per heavy atom. The Balaban J connectivity index is 2.47. The monoisotopic (exact) mass is 269 g/mol. The van der Waals surface area contributed by atoms with Crippen LogP contribution >= 0.6 is 15.9 Å². The molecule has 1 aromatic carbocycles. The van der Waals surface area contributed by atoms with Crippen molar-refractivity contribution >= 4 is 15.9 Å². The molecule has 82 valence electrons. The van der Waals surface area contributed by atoms with E-state index in [2.05, 4.69) is 27.3 Å². The maximum atomic E-state index is 10.00. The minimum absolute atomic E-state index is 0.407. The Bertz CT molecular complexity index is 376. The summed E-state index contributed by atoms with van der Waals surface area (Å²) >= 11 is 3.51. The maximum absolute atomic E-state index is 10.00. The number of phenolic OH excluding ortho intramolecular Hbond substituents is 1. The molecule has 2 rings (SSSR count). The number of phenols is 1. The summed E-state index contributed by atoms with van der Waals surface area (Å²) in [6.45, 7) is 0.720. The summed E-state index contributed by atoms with van der Waals surface area (Å²) in [4.78, 5) is 0. The molecule has 0 saturated carbocycles. The zero-order valence-electron chi connectivity index (χ0n) is 8.94. The van der Waals surface area contributed by atoms with E-state index in [1.807, 2.05) is 7.05 Å². The lowest BCUT2D eigenvalue weighted by atomic mass is 9.90. The van der Waals surface area contributed by atoms with Crippen molar-refractivity contribution in [3.8, 4) is 5.75 Å². The predicted octanol–water partition coefficient (Wildman–Crippen LogP) is 2.75. The van der Waals surface area contributed by atoms with Crippen molar-refractivity contribution < 1.29 is 5.11 Å². The van der Waals surface area contributed by atoms with Crippen LogP contribution in [0.4, 0.5) is 0 Å². The molecule has 0 unspecified atom stereocenters. The molecule has 15 heavy (non-hydrogen) atoms. The first-order chi connectivity index (χ1) is 7.24. The van der Waals surface area contributed by atoms with Crippen LogP contribution in [-0.4, -0.2) is 12.2 Å². The molecule has 0 aliphatic heterocycles.